The van der Waals surface area contributed by atoms with Crippen LogP contribution in [0.25, 0.3) is 22.0 Å². The molecule has 0 atom stereocenters. The van der Waals surface area contributed by atoms with Crippen LogP contribution in [0.4, 0.5) is 5.69 Å². The van der Waals surface area contributed by atoms with Gasteiger partial charge in [-0.05, 0) is 25.1 Å². The van der Waals surface area contributed by atoms with Crippen LogP contribution in [0.5, 0.6) is 0 Å². The summed E-state index contributed by atoms with van der Waals surface area (Å²) in [5.41, 5.74) is 3.04. The van der Waals surface area contributed by atoms with E-state index in [1.807, 2.05) is 48.7 Å². The second-order valence-corrected chi connectivity index (χ2v) is 7.54. The second kappa shape index (κ2) is 7.36. The summed E-state index contributed by atoms with van der Waals surface area (Å²) >= 11 is 1.61. The molecule has 2 heterocycles. The van der Waals surface area contributed by atoms with Crippen LogP contribution in [0.15, 0.2) is 58.7 Å². The minimum absolute atomic E-state index is 0.0850. The molecule has 140 valence electrons. The molecule has 4 rings (SSSR count). The zero-order valence-electron chi connectivity index (χ0n) is 15.5. The number of nitrogens with zero attached hydrogens (tertiary/aromatic N) is 3. The summed E-state index contributed by atoms with van der Waals surface area (Å²) in [6.45, 7) is 1.97. The first kappa shape index (κ1) is 18.1. The Kier molecular flexibility index (Phi) is 4.75. The number of carbonyl (C=O) groups is 1. The largest absolute Gasteiger partial charge is 0.326 e. The number of rotatable bonds is 4. The van der Waals surface area contributed by atoms with Crippen molar-refractivity contribution in [2.45, 2.75) is 13.3 Å². The van der Waals surface area contributed by atoms with Crippen molar-refractivity contribution in [3.8, 4) is 11.3 Å². The van der Waals surface area contributed by atoms with E-state index in [-0.39, 0.29) is 17.9 Å². The summed E-state index contributed by atoms with van der Waals surface area (Å²) in [4.78, 5) is 29.2. The molecular weight excluding hydrogens is 372 g/mol. The highest BCUT2D eigenvalue weighted by Gasteiger charge is 2.12. The lowest BCUT2D eigenvalue weighted by Gasteiger charge is -2.09. The van der Waals surface area contributed by atoms with Crippen LogP contribution in [0.3, 0.4) is 0 Å². The van der Waals surface area contributed by atoms with Crippen LogP contribution in [0, 0.1) is 6.92 Å². The maximum Gasteiger partial charge on any atom is 0.274 e. The molecule has 0 bridgehead atoms. The van der Waals surface area contributed by atoms with Gasteiger partial charge in [0, 0.05) is 29.1 Å². The first-order valence-corrected chi connectivity index (χ1v) is 9.66. The van der Waals surface area contributed by atoms with E-state index < -0.39 is 0 Å². The molecule has 4 aromatic rings. The summed E-state index contributed by atoms with van der Waals surface area (Å²) in [7, 11) is 1.59. The third-order valence-corrected chi connectivity index (χ3v) is 5.22. The van der Waals surface area contributed by atoms with Crippen molar-refractivity contribution in [1.82, 2.24) is 14.8 Å². The fraction of sp³-hybridized carbons (Fsp3) is 0.143. The molecule has 0 fully saturated rings. The molecule has 7 heteroatoms. The number of hydrogen-bond donors (Lipinski definition) is 1. The number of carbonyl (C=O) groups excluding carboxylic acids is 1. The SMILES string of the molecule is Cc1nc(-c2ccc(NC(=O)Cc3nn(C)c(=O)c4ccccc34)cc2)cs1. The third-order valence-electron chi connectivity index (χ3n) is 4.44. The fourth-order valence-electron chi connectivity index (χ4n) is 3.08. The van der Waals surface area contributed by atoms with Gasteiger partial charge in [0.05, 0.1) is 28.2 Å². The molecule has 0 aliphatic rings. The average molecular weight is 390 g/mol. The Bertz CT molecular complexity index is 1230. The molecule has 2 aromatic carbocycles. The van der Waals surface area contributed by atoms with E-state index in [0.717, 1.165) is 16.3 Å². The third kappa shape index (κ3) is 3.57. The molecule has 0 saturated carbocycles. The number of fused-ring (bicyclic) bond motifs is 1. The van der Waals surface area contributed by atoms with Crippen molar-refractivity contribution in [2.24, 2.45) is 7.05 Å². The number of hydrogen-bond acceptors (Lipinski definition) is 5. The molecule has 1 N–H and O–H groups in total. The van der Waals surface area contributed by atoms with E-state index in [1.165, 1.54) is 4.68 Å². The highest BCUT2D eigenvalue weighted by atomic mass is 32.1. The lowest BCUT2D eigenvalue weighted by Crippen LogP contribution is -2.24. The quantitative estimate of drug-likeness (QED) is 0.578. The van der Waals surface area contributed by atoms with Crippen molar-refractivity contribution in [3.05, 3.63) is 75.0 Å². The average Bonchev–Trinajstić information content (AvgIpc) is 3.13. The number of thiazole rings is 1. The van der Waals surface area contributed by atoms with Gasteiger partial charge in [-0.25, -0.2) is 9.67 Å². The van der Waals surface area contributed by atoms with Crippen LogP contribution >= 0.6 is 11.3 Å². The van der Waals surface area contributed by atoms with Gasteiger partial charge in [-0.1, -0.05) is 30.3 Å². The van der Waals surface area contributed by atoms with E-state index in [9.17, 15) is 9.59 Å². The molecule has 2 aromatic heterocycles. The molecule has 0 aliphatic carbocycles. The van der Waals surface area contributed by atoms with Crippen molar-refractivity contribution in [2.75, 3.05) is 5.32 Å². The second-order valence-electron chi connectivity index (χ2n) is 6.48. The van der Waals surface area contributed by atoms with Crippen molar-refractivity contribution >= 4 is 33.7 Å². The summed E-state index contributed by atoms with van der Waals surface area (Å²) in [5, 5.41) is 11.5. The number of amides is 1. The van der Waals surface area contributed by atoms with E-state index in [4.69, 9.17) is 0 Å². The Morgan fingerprint density at radius 2 is 1.82 bits per heavy atom. The smallest absolute Gasteiger partial charge is 0.274 e. The monoisotopic (exact) mass is 390 g/mol. The van der Waals surface area contributed by atoms with Crippen LogP contribution in [0.1, 0.15) is 10.7 Å². The zero-order chi connectivity index (χ0) is 19.7. The Balaban J connectivity index is 1.53. The van der Waals surface area contributed by atoms with E-state index >= 15 is 0 Å². The molecule has 0 radical (unpaired) electrons. The lowest BCUT2D eigenvalue weighted by atomic mass is 10.1. The number of nitrogens with one attached hydrogen (secondary N) is 1. The van der Waals surface area contributed by atoms with E-state index in [0.29, 0.717) is 22.2 Å². The van der Waals surface area contributed by atoms with Crippen molar-refractivity contribution in [1.29, 1.82) is 0 Å². The van der Waals surface area contributed by atoms with Crippen LogP contribution in [0.2, 0.25) is 0 Å². The van der Waals surface area contributed by atoms with Gasteiger partial charge in [-0.15, -0.1) is 11.3 Å². The van der Waals surface area contributed by atoms with Gasteiger partial charge in [0.15, 0.2) is 0 Å². The van der Waals surface area contributed by atoms with Gasteiger partial charge < -0.3 is 5.32 Å². The van der Waals surface area contributed by atoms with Crippen LogP contribution in [-0.4, -0.2) is 20.7 Å². The molecule has 0 unspecified atom stereocenters. The molecule has 0 spiro atoms. The Morgan fingerprint density at radius 1 is 1.11 bits per heavy atom. The maximum absolute atomic E-state index is 12.5. The first-order valence-electron chi connectivity index (χ1n) is 8.78. The Morgan fingerprint density at radius 3 is 2.50 bits per heavy atom. The maximum atomic E-state index is 12.5. The molecular formula is C21H18N4O2S. The zero-order valence-corrected chi connectivity index (χ0v) is 16.3. The predicted molar refractivity (Wildman–Crippen MR) is 112 cm³/mol. The molecule has 1 amide bonds. The van der Waals surface area contributed by atoms with Gasteiger partial charge in [0.1, 0.15) is 0 Å². The number of aromatic nitrogens is 3. The van der Waals surface area contributed by atoms with E-state index in [1.54, 1.807) is 30.5 Å². The van der Waals surface area contributed by atoms with Crippen molar-refractivity contribution < 1.29 is 4.79 Å². The van der Waals surface area contributed by atoms with Crippen LogP contribution < -0.4 is 10.9 Å². The minimum atomic E-state index is -0.187. The molecule has 28 heavy (non-hydrogen) atoms. The predicted octanol–water partition coefficient (Wildman–Crippen LogP) is 3.55. The highest BCUT2D eigenvalue weighted by Crippen LogP contribution is 2.23. The van der Waals surface area contributed by atoms with Gasteiger partial charge in [0.25, 0.3) is 5.56 Å². The highest BCUT2D eigenvalue weighted by molar-refractivity contribution is 7.09. The Labute approximate surface area is 165 Å². The summed E-state index contributed by atoms with van der Waals surface area (Å²) < 4.78 is 1.27. The normalized spacial score (nSPS) is 10.9. The summed E-state index contributed by atoms with van der Waals surface area (Å²) in [6, 6.07) is 14.8. The van der Waals surface area contributed by atoms with Gasteiger partial charge in [0.2, 0.25) is 5.91 Å². The number of anilines is 1. The Hall–Kier alpha value is -3.32. The fourth-order valence-corrected chi connectivity index (χ4v) is 3.71. The first-order chi connectivity index (χ1) is 13.5. The summed E-state index contributed by atoms with van der Waals surface area (Å²) in [5.74, 6) is -0.187. The van der Waals surface area contributed by atoms with Crippen molar-refractivity contribution in [3.63, 3.8) is 0 Å². The minimum Gasteiger partial charge on any atom is -0.326 e. The standard InChI is InChI=1S/C21H18N4O2S/c1-13-22-19(12-28-13)14-7-9-15(10-8-14)23-20(26)11-18-16-5-3-4-6-17(16)21(27)25(2)24-18/h3-10,12H,11H2,1-2H3,(H,23,26). The molecule has 6 nitrogen and oxygen atoms in total. The number of benzene rings is 2. The van der Waals surface area contributed by atoms with Gasteiger partial charge in [-0.2, -0.15) is 5.10 Å². The summed E-state index contributed by atoms with van der Waals surface area (Å²) in [6.07, 6.45) is 0.0850. The van der Waals surface area contributed by atoms with E-state index in [2.05, 4.69) is 15.4 Å². The van der Waals surface area contributed by atoms with Crippen LogP contribution in [-0.2, 0) is 18.3 Å². The molecule has 0 saturated heterocycles. The topological polar surface area (TPSA) is 76.9 Å². The number of aryl methyl sites for hydroxylation is 2. The van der Waals surface area contributed by atoms with Gasteiger partial charge in [-0.3, -0.25) is 9.59 Å². The lowest BCUT2D eigenvalue weighted by molar-refractivity contribution is -0.115. The van der Waals surface area contributed by atoms with Gasteiger partial charge >= 0.3 is 0 Å². The molecule has 0 aliphatic heterocycles.